The molecule has 0 aliphatic carbocycles. The minimum absolute atomic E-state index is 0.0596. The Bertz CT molecular complexity index is 629. The van der Waals surface area contributed by atoms with E-state index in [9.17, 15) is 4.79 Å². The molecule has 2 aromatic carbocycles. The van der Waals surface area contributed by atoms with Crippen molar-refractivity contribution < 1.29 is 14.3 Å². The summed E-state index contributed by atoms with van der Waals surface area (Å²) in [5.41, 5.74) is 0. The van der Waals surface area contributed by atoms with Crippen LogP contribution in [0.25, 0.3) is 0 Å². The first-order valence-corrected chi connectivity index (χ1v) is 10.5. The topological polar surface area (TPSA) is 58.6 Å². The molecule has 0 aliphatic rings. The fraction of sp³-hybridized carbons (Fsp3) is 0.350. The van der Waals surface area contributed by atoms with E-state index in [2.05, 4.69) is 74.6 Å². The first-order chi connectivity index (χ1) is 11.9. The van der Waals surface area contributed by atoms with Gasteiger partial charge in [0.2, 0.25) is 0 Å². The number of carboxylic acid groups (broad SMARTS) is 1. The molecule has 0 aliphatic heterocycles. The highest BCUT2D eigenvalue weighted by Crippen LogP contribution is 2.36. The van der Waals surface area contributed by atoms with Crippen molar-refractivity contribution >= 4 is 24.8 Å². The van der Waals surface area contributed by atoms with Crippen molar-refractivity contribution in [2.24, 2.45) is 0 Å². The average Bonchev–Trinajstić information content (AvgIpc) is 2.58. The zero-order chi connectivity index (χ0) is 18.3. The van der Waals surface area contributed by atoms with Gasteiger partial charge in [0.05, 0.1) is 0 Å². The van der Waals surface area contributed by atoms with Crippen molar-refractivity contribution in [3.05, 3.63) is 60.7 Å². The molecule has 0 unspecified atom stereocenters. The lowest BCUT2D eigenvalue weighted by Crippen LogP contribution is -2.66. The summed E-state index contributed by atoms with van der Waals surface area (Å²) < 4.78 is 6.65. The van der Waals surface area contributed by atoms with E-state index in [-0.39, 0.29) is 5.04 Å². The van der Waals surface area contributed by atoms with E-state index in [1.54, 1.807) is 0 Å². The molecule has 4 nitrogen and oxygen atoms in total. The fourth-order valence-corrected chi connectivity index (χ4v) is 7.86. The van der Waals surface area contributed by atoms with Crippen LogP contribution in [0.4, 0.5) is 4.79 Å². The molecule has 134 valence electrons. The quantitative estimate of drug-likeness (QED) is 0.591. The van der Waals surface area contributed by atoms with Gasteiger partial charge in [-0.05, 0) is 21.8 Å². The average molecular weight is 358 g/mol. The maximum absolute atomic E-state index is 10.6. The Morgan fingerprint density at radius 1 is 1.00 bits per heavy atom. The van der Waals surface area contributed by atoms with Crippen LogP contribution in [0.2, 0.25) is 5.04 Å². The van der Waals surface area contributed by atoms with E-state index in [0.29, 0.717) is 19.6 Å². The molecule has 2 N–H and O–H groups in total. The molecule has 2 rings (SSSR count). The van der Waals surface area contributed by atoms with Crippen LogP contribution in [0.5, 0.6) is 0 Å². The Labute approximate surface area is 151 Å². The summed E-state index contributed by atoms with van der Waals surface area (Å²) in [6, 6.07) is 20.9. The van der Waals surface area contributed by atoms with Crippen LogP contribution in [-0.4, -0.2) is 32.7 Å². The van der Waals surface area contributed by atoms with Gasteiger partial charge in [-0.25, -0.2) is 4.79 Å². The molecule has 1 amide bonds. The smallest absolute Gasteiger partial charge is 0.404 e. The van der Waals surface area contributed by atoms with Crippen LogP contribution in [0.3, 0.4) is 0 Å². The van der Waals surface area contributed by atoms with E-state index in [0.717, 1.165) is 0 Å². The van der Waals surface area contributed by atoms with Crippen LogP contribution >= 0.6 is 0 Å². The zero-order valence-electron chi connectivity index (χ0n) is 15.2. The molecular weight excluding hydrogens is 330 g/mol. The van der Waals surface area contributed by atoms with Crippen molar-refractivity contribution in [1.82, 2.24) is 5.32 Å². The number of rotatable bonds is 7. The number of benzene rings is 2. The van der Waals surface area contributed by atoms with Gasteiger partial charge < -0.3 is 14.8 Å². The van der Waals surface area contributed by atoms with E-state index in [1.807, 2.05) is 12.1 Å². The Morgan fingerprint density at radius 2 is 1.48 bits per heavy atom. The Hall–Kier alpha value is -2.11. The van der Waals surface area contributed by atoms with Crippen molar-refractivity contribution in [3.8, 4) is 0 Å². The van der Waals surface area contributed by atoms with Gasteiger partial charge in [-0.1, -0.05) is 81.4 Å². The first-order valence-electron chi connectivity index (χ1n) is 8.60. The number of carbonyl (C=O) groups is 1. The molecule has 0 fully saturated rings. The predicted octanol–water partition coefficient (Wildman–Crippen LogP) is 3.22. The van der Waals surface area contributed by atoms with E-state index >= 15 is 0 Å². The van der Waals surface area contributed by atoms with Crippen LogP contribution in [0, 0.1) is 0 Å². The third-order valence-corrected chi connectivity index (χ3v) is 9.38. The van der Waals surface area contributed by atoms with Gasteiger partial charge in [-0.2, -0.15) is 0 Å². The number of hydrogen-bond donors (Lipinski definition) is 2. The second-order valence-electron chi connectivity index (χ2n) is 7.10. The molecule has 0 saturated heterocycles. The number of nitrogens with one attached hydrogen (secondary N) is 1. The van der Waals surface area contributed by atoms with Crippen molar-refractivity contribution in [3.63, 3.8) is 0 Å². The normalized spacial score (nSPS) is 12.0. The van der Waals surface area contributed by atoms with Crippen LogP contribution in [-0.2, 0) is 4.43 Å². The molecule has 0 atom stereocenters. The second kappa shape index (κ2) is 8.32. The van der Waals surface area contributed by atoms with E-state index < -0.39 is 14.4 Å². The zero-order valence-corrected chi connectivity index (χ0v) is 16.2. The standard InChI is InChI=1S/C20H27NO3Si/c1-20(2,3)25(17-11-6-4-7-12-17,18-13-8-5-9-14-18)24-16-10-15-21-19(22)23/h4-9,11-14,21H,10,15-16H2,1-3H3,(H,22,23). The first kappa shape index (κ1) is 19.2. The molecule has 0 radical (unpaired) electrons. The minimum Gasteiger partial charge on any atom is -0.465 e. The molecular formula is C20H27NO3Si. The van der Waals surface area contributed by atoms with Crippen molar-refractivity contribution in [2.45, 2.75) is 32.2 Å². The summed E-state index contributed by atoms with van der Waals surface area (Å²) in [6.45, 7) is 7.61. The van der Waals surface area contributed by atoms with Crippen molar-refractivity contribution in [2.75, 3.05) is 13.2 Å². The second-order valence-corrected chi connectivity index (χ2v) is 11.4. The Morgan fingerprint density at radius 3 is 1.88 bits per heavy atom. The highest BCUT2D eigenvalue weighted by atomic mass is 28.4. The van der Waals surface area contributed by atoms with E-state index in [1.165, 1.54) is 10.4 Å². The van der Waals surface area contributed by atoms with Gasteiger partial charge in [-0.15, -0.1) is 0 Å². The van der Waals surface area contributed by atoms with E-state index in [4.69, 9.17) is 9.53 Å². The Kier molecular flexibility index (Phi) is 6.39. The molecule has 25 heavy (non-hydrogen) atoms. The van der Waals surface area contributed by atoms with Gasteiger partial charge >= 0.3 is 6.09 Å². The van der Waals surface area contributed by atoms with Crippen LogP contribution in [0.1, 0.15) is 27.2 Å². The summed E-state index contributed by atoms with van der Waals surface area (Å²) >= 11 is 0. The largest absolute Gasteiger partial charge is 0.465 e. The highest BCUT2D eigenvalue weighted by molar-refractivity contribution is 6.99. The SMILES string of the molecule is CC(C)(C)[Si](OCCCNC(=O)O)(c1ccccc1)c1ccccc1. The summed E-state index contributed by atoms with van der Waals surface area (Å²) in [5.74, 6) is 0. The van der Waals surface area contributed by atoms with Gasteiger partial charge in [0.1, 0.15) is 0 Å². The van der Waals surface area contributed by atoms with Crippen LogP contribution < -0.4 is 15.7 Å². The summed E-state index contributed by atoms with van der Waals surface area (Å²) in [7, 11) is -2.50. The van der Waals surface area contributed by atoms with Gasteiger partial charge in [0.25, 0.3) is 8.32 Å². The summed E-state index contributed by atoms with van der Waals surface area (Å²) in [6.07, 6.45) is -0.345. The summed E-state index contributed by atoms with van der Waals surface area (Å²) in [4.78, 5) is 10.6. The van der Waals surface area contributed by atoms with Gasteiger partial charge in [0.15, 0.2) is 0 Å². The Balaban J connectivity index is 2.37. The molecule has 0 heterocycles. The van der Waals surface area contributed by atoms with Crippen molar-refractivity contribution in [1.29, 1.82) is 0 Å². The molecule has 0 spiro atoms. The molecule has 0 bridgehead atoms. The third-order valence-electron chi connectivity index (χ3n) is 4.33. The number of amides is 1. The lowest BCUT2D eigenvalue weighted by atomic mass is 10.2. The highest BCUT2D eigenvalue weighted by Gasteiger charge is 2.49. The molecule has 0 aromatic heterocycles. The molecule has 2 aromatic rings. The number of hydrogen-bond acceptors (Lipinski definition) is 2. The maximum Gasteiger partial charge on any atom is 0.404 e. The lowest BCUT2D eigenvalue weighted by Gasteiger charge is -2.43. The third kappa shape index (κ3) is 4.49. The maximum atomic E-state index is 10.6. The van der Waals surface area contributed by atoms with Crippen LogP contribution in [0.15, 0.2) is 60.7 Å². The monoisotopic (exact) mass is 357 g/mol. The minimum atomic E-state index is -2.50. The van der Waals surface area contributed by atoms with Gasteiger partial charge in [-0.3, -0.25) is 0 Å². The molecule has 0 saturated carbocycles. The molecule has 5 heteroatoms. The van der Waals surface area contributed by atoms with Gasteiger partial charge in [0, 0.05) is 13.2 Å². The predicted molar refractivity (Wildman–Crippen MR) is 104 cm³/mol. The fourth-order valence-electron chi connectivity index (χ4n) is 3.25. The lowest BCUT2D eigenvalue weighted by molar-refractivity contribution is 0.193. The summed E-state index contributed by atoms with van der Waals surface area (Å²) in [5, 5.41) is 13.5.